The van der Waals surface area contributed by atoms with E-state index in [0.29, 0.717) is 12.8 Å². The number of hydrogen-bond acceptors (Lipinski definition) is 4. The van der Waals surface area contributed by atoms with Gasteiger partial charge in [-0.05, 0) is 37.9 Å². The lowest BCUT2D eigenvalue weighted by molar-refractivity contribution is 0.173. The van der Waals surface area contributed by atoms with Crippen LogP contribution in [-0.2, 0) is 0 Å². The quantitative estimate of drug-likeness (QED) is 0.734. The van der Waals surface area contributed by atoms with Crippen molar-refractivity contribution in [3.8, 4) is 17.2 Å². The number of hydrogen-bond donors (Lipinski definition) is 1. The standard InChI is InChI=1S/C15H23NO3/c1-12(2)16-8-4-3-5-9-17-13-6-7-14-15(10-13)19-11-18-14/h6-7,10,12,16H,3-5,8-9,11H2,1-2H3. The van der Waals surface area contributed by atoms with Gasteiger partial charge < -0.3 is 19.5 Å². The summed E-state index contributed by atoms with van der Waals surface area (Å²) in [5.74, 6) is 2.43. The molecule has 0 aliphatic carbocycles. The van der Waals surface area contributed by atoms with Crippen molar-refractivity contribution in [1.29, 1.82) is 0 Å². The minimum atomic E-state index is 0.307. The molecule has 1 aromatic rings. The maximum Gasteiger partial charge on any atom is 0.231 e. The molecule has 0 saturated carbocycles. The van der Waals surface area contributed by atoms with E-state index in [1.165, 1.54) is 12.8 Å². The van der Waals surface area contributed by atoms with Crippen LogP contribution >= 0.6 is 0 Å². The van der Waals surface area contributed by atoms with E-state index in [2.05, 4.69) is 19.2 Å². The fourth-order valence-electron chi connectivity index (χ4n) is 1.95. The van der Waals surface area contributed by atoms with Crippen LogP contribution in [0.5, 0.6) is 17.2 Å². The summed E-state index contributed by atoms with van der Waals surface area (Å²) in [5, 5.41) is 3.41. The Balaban J connectivity index is 1.58. The molecule has 1 aliphatic rings. The molecule has 19 heavy (non-hydrogen) atoms. The van der Waals surface area contributed by atoms with Gasteiger partial charge in [0.05, 0.1) is 6.61 Å². The Bertz CT molecular complexity index is 393. The number of fused-ring (bicyclic) bond motifs is 1. The Morgan fingerprint density at radius 1 is 1.16 bits per heavy atom. The summed E-state index contributed by atoms with van der Waals surface area (Å²) in [6, 6.07) is 6.28. The highest BCUT2D eigenvalue weighted by atomic mass is 16.7. The summed E-state index contributed by atoms with van der Waals surface area (Å²) < 4.78 is 16.3. The average Bonchev–Trinajstić information content (AvgIpc) is 2.84. The van der Waals surface area contributed by atoms with Gasteiger partial charge in [0.2, 0.25) is 6.79 Å². The smallest absolute Gasteiger partial charge is 0.231 e. The molecule has 1 aliphatic heterocycles. The van der Waals surface area contributed by atoms with Crippen LogP contribution in [0.4, 0.5) is 0 Å². The number of rotatable bonds is 8. The first kappa shape index (κ1) is 14.0. The van der Waals surface area contributed by atoms with Crippen molar-refractivity contribution in [1.82, 2.24) is 5.32 Å². The molecule has 0 unspecified atom stereocenters. The summed E-state index contributed by atoms with van der Waals surface area (Å²) in [6.45, 7) is 6.48. The van der Waals surface area contributed by atoms with Crippen LogP contribution in [0.2, 0.25) is 0 Å². The normalized spacial score (nSPS) is 13.0. The third-order valence-electron chi connectivity index (χ3n) is 2.99. The van der Waals surface area contributed by atoms with Crippen molar-refractivity contribution < 1.29 is 14.2 Å². The van der Waals surface area contributed by atoms with Crippen LogP contribution in [0.25, 0.3) is 0 Å². The highest BCUT2D eigenvalue weighted by Gasteiger charge is 2.13. The summed E-state index contributed by atoms with van der Waals surface area (Å²) in [4.78, 5) is 0. The van der Waals surface area contributed by atoms with Crippen LogP contribution in [0, 0.1) is 0 Å². The topological polar surface area (TPSA) is 39.7 Å². The first-order valence-electron chi connectivity index (χ1n) is 7.01. The number of ether oxygens (including phenoxy) is 3. The van der Waals surface area contributed by atoms with Crippen LogP contribution in [-0.4, -0.2) is 26.0 Å². The van der Waals surface area contributed by atoms with Crippen LogP contribution in [0.1, 0.15) is 33.1 Å². The predicted octanol–water partition coefficient (Wildman–Crippen LogP) is 2.96. The number of nitrogens with one attached hydrogen (secondary N) is 1. The van der Waals surface area contributed by atoms with Crippen LogP contribution in [0.15, 0.2) is 18.2 Å². The first-order valence-corrected chi connectivity index (χ1v) is 7.01. The summed E-state index contributed by atoms with van der Waals surface area (Å²) in [5.41, 5.74) is 0. The molecule has 106 valence electrons. The molecular formula is C15H23NO3. The monoisotopic (exact) mass is 265 g/mol. The second-order valence-electron chi connectivity index (χ2n) is 5.03. The lowest BCUT2D eigenvalue weighted by Crippen LogP contribution is -2.23. The molecule has 0 radical (unpaired) electrons. The predicted molar refractivity (Wildman–Crippen MR) is 75.0 cm³/mol. The summed E-state index contributed by atoms with van der Waals surface area (Å²) in [6.07, 6.45) is 3.46. The van der Waals surface area contributed by atoms with Gasteiger partial charge in [-0.25, -0.2) is 0 Å². The lowest BCUT2D eigenvalue weighted by Gasteiger charge is -2.08. The van der Waals surface area contributed by atoms with E-state index >= 15 is 0 Å². The molecular weight excluding hydrogens is 242 g/mol. The van der Waals surface area contributed by atoms with Gasteiger partial charge in [-0.1, -0.05) is 13.8 Å². The van der Waals surface area contributed by atoms with Crippen molar-refractivity contribution in [2.24, 2.45) is 0 Å². The van der Waals surface area contributed by atoms with E-state index in [4.69, 9.17) is 14.2 Å². The van der Waals surface area contributed by atoms with Gasteiger partial charge in [-0.2, -0.15) is 0 Å². The molecule has 2 rings (SSSR count). The molecule has 1 heterocycles. The zero-order chi connectivity index (χ0) is 13.5. The highest BCUT2D eigenvalue weighted by molar-refractivity contribution is 5.46. The Kier molecular flexibility index (Phi) is 5.33. The zero-order valence-electron chi connectivity index (χ0n) is 11.8. The van der Waals surface area contributed by atoms with Gasteiger partial charge in [-0.3, -0.25) is 0 Å². The lowest BCUT2D eigenvalue weighted by atomic mass is 10.2. The molecule has 1 aromatic carbocycles. The molecule has 0 aromatic heterocycles. The van der Waals surface area contributed by atoms with Gasteiger partial charge in [0.15, 0.2) is 11.5 Å². The van der Waals surface area contributed by atoms with Crippen molar-refractivity contribution >= 4 is 0 Å². The van der Waals surface area contributed by atoms with Crippen molar-refractivity contribution in [3.05, 3.63) is 18.2 Å². The van der Waals surface area contributed by atoms with E-state index in [9.17, 15) is 0 Å². The second-order valence-corrected chi connectivity index (χ2v) is 5.03. The molecule has 0 bridgehead atoms. The minimum absolute atomic E-state index is 0.307. The van der Waals surface area contributed by atoms with E-state index < -0.39 is 0 Å². The fraction of sp³-hybridized carbons (Fsp3) is 0.600. The number of benzene rings is 1. The van der Waals surface area contributed by atoms with E-state index in [-0.39, 0.29) is 0 Å². The minimum Gasteiger partial charge on any atom is -0.493 e. The molecule has 4 heteroatoms. The summed E-state index contributed by atoms with van der Waals surface area (Å²) >= 11 is 0. The van der Waals surface area contributed by atoms with Crippen LogP contribution in [0.3, 0.4) is 0 Å². The van der Waals surface area contributed by atoms with Gasteiger partial charge >= 0.3 is 0 Å². The molecule has 1 N–H and O–H groups in total. The molecule has 0 spiro atoms. The Morgan fingerprint density at radius 2 is 2.00 bits per heavy atom. The average molecular weight is 265 g/mol. The van der Waals surface area contributed by atoms with E-state index in [0.717, 1.165) is 36.8 Å². The number of unbranched alkanes of at least 4 members (excludes halogenated alkanes) is 2. The maximum absolute atomic E-state index is 5.70. The molecule has 0 fully saturated rings. The Hall–Kier alpha value is -1.42. The van der Waals surface area contributed by atoms with E-state index in [1.54, 1.807) is 0 Å². The summed E-state index contributed by atoms with van der Waals surface area (Å²) in [7, 11) is 0. The molecule has 0 atom stereocenters. The molecule has 0 saturated heterocycles. The SMILES string of the molecule is CC(C)NCCCCCOc1ccc2c(c1)OCO2. The fourth-order valence-corrected chi connectivity index (χ4v) is 1.95. The Morgan fingerprint density at radius 3 is 2.84 bits per heavy atom. The van der Waals surface area contributed by atoms with Crippen molar-refractivity contribution in [3.63, 3.8) is 0 Å². The van der Waals surface area contributed by atoms with Crippen molar-refractivity contribution in [2.75, 3.05) is 19.9 Å². The molecule has 0 amide bonds. The highest BCUT2D eigenvalue weighted by Crippen LogP contribution is 2.35. The van der Waals surface area contributed by atoms with Crippen LogP contribution < -0.4 is 19.5 Å². The second kappa shape index (κ2) is 7.24. The molecule has 4 nitrogen and oxygen atoms in total. The van der Waals surface area contributed by atoms with Gasteiger partial charge in [0.1, 0.15) is 5.75 Å². The maximum atomic E-state index is 5.70. The largest absolute Gasteiger partial charge is 0.493 e. The van der Waals surface area contributed by atoms with Gasteiger partial charge in [0.25, 0.3) is 0 Å². The first-order chi connectivity index (χ1) is 9.25. The third kappa shape index (κ3) is 4.63. The van der Waals surface area contributed by atoms with E-state index in [1.807, 2.05) is 18.2 Å². The Labute approximate surface area is 115 Å². The van der Waals surface area contributed by atoms with Gasteiger partial charge in [0, 0.05) is 12.1 Å². The third-order valence-corrected chi connectivity index (χ3v) is 2.99. The van der Waals surface area contributed by atoms with Gasteiger partial charge in [-0.15, -0.1) is 0 Å². The van der Waals surface area contributed by atoms with Crippen molar-refractivity contribution in [2.45, 2.75) is 39.2 Å². The zero-order valence-corrected chi connectivity index (χ0v) is 11.8.